The molecule has 0 saturated carbocycles. The van der Waals surface area contributed by atoms with Gasteiger partial charge in [0.25, 0.3) is 0 Å². The summed E-state index contributed by atoms with van der Waals surface area (Å²) in [5.74, 6) is -3.27. The second-order valence-corrected chi connectivity index (χ2v) is 10.8. The molecule has 7 rings (SSSR count). The first-order valence-electron chi connectivity index (χ1n) is 13.5. The van der Waals surface area contributed by atoms with Crippen molar-refractivity contribution in [2.24, 2.45) is 7.05 Å². The van der Waals surface area contributed by atoms with Crippen molar-refractivity contribution in [3.05, 3.63) is 58.1 Å². The fraction of sp³-hybridized carbons (Fsp3) is 0.310. The minimum absolute atomic E-state index is 0.0976. The van der Waals surface area contributed by atoms with Gasteiger partial charge in [-0.2, -0.15) is 0 Å². The molecule has 210 valence electrons. The Kier molecular flexibility index (Phi) is 5.72. The van der Waals surface area contributed by atoms with Crippen LogP contribution in [0.3, 0.4) is 0 Å². The number of anilines is 2. The molecular formula is C29H27F2N7O3. The number of aromatic nitrogens is 4. The monoisotopic (exact) mass is 559 g/mol. The van der Waals surface area contributed by atoms with E-state index in [2.05, 4.69) is 30.1 Å². The van der Waals surface area contributed by atoms with Gasteiger partial charge in [0.2, 0.25) is 5.43 Å². The smallest absolute Gasteiger partial charge is 0.341 e. The first kappa shape index (κ1) is 25.4. The lowest BCUT2D eigenvalue weighted by Crippen LogP contribution is -2.50. The van der Waals surface area contributed by atoms with E-state index in [0.717, 1.165) is 32.0 Å². The van der Waals surface area contributed by atoms with Gasteiger partial charge in [0.15, 0.2) is 11.6 Å². The highest BCUT2D eigenvalue weighted by Crippen LogP contribution is 2.44. The lowest BCUT2D eigenvalue weighted by molar-refractivity contribution is 0.0695. The molecule has 4 aromatic heterocycles. The largest absolute Gasteiger partial charge is 0.477 e. The first-order valence-corrected chi connectivity index (χ1v) is 13.5. The van der Waals surface area contributed by atoms with Gasteiger partial charge in [-0.05, 0) is 25.5 Å². The maximum absolute atomic E-state index is 15.6. The number of fused-ring (bicyclic) bond motifs is 5. The fourth-order valence-electron chi connectivity index (χ4n) is 6.54. The highest BCUT2D eigenvalue weighted by Gasteiger charge is 2.33. The number of rotatable bonds is 4. The normalized spacial score (nSPS) is 17.6. The summed E-state index contributed by atoms with van der Waals surface area (Å²) in [6.45, 7) is 3.23. The number of nitrogens with one attached hydrogen (secondary N) is 2. The van der Waals surface area contributed by atoms with E-state index in [4.69, 9.17) is 0 Å². The molecule has 6 heterocycles. The molecule has 5 aromatic rings. The van der Waals surface area contributed by atoms with Crippen molar-refractivity contribution >= 4 is 50.3 Å². The van der Waals surface area contributed by atoms with Crippen LogP contribution in [0.1, 0.15) is 23.2 Å². The Hall–Kier alpha value is -4.58. The SMILES string of the molecule is CNc1cc(F)c(F)c2c1[nH]c1ncc(-c3cnc4c(c3)c(=O)c(C(=O)O)cn4C)c(N3CCN4CCC[C@@H]4C3)c12. The zero-order chi connectivity index (χ0) is 28.6. The predicted molar refractivity (Wildman–Crippen MR) is 153 cm³/mol. The number of aromatic amines is 1. The van der Waals surface area contributed by atoms with Gasteiger partial charge in [-0.25, -0.2) is 23.5 Å². The molecule has 41 heavy (non-hydrogen) atoms. The average Bonchev–Trinajstić information content (AvgIpc) is 3.60. The summed E-state index contributed by atoms with van der Waals surface area (Å²) in [5, 5.41) is 13.2. The van der Waals surface area contributed by atoms with Gasteiger partial charge in [0.05, 0.1) is 33.1 Å². The first-order chi connectivity index (χ1) is 19.8. The number of pyridine rings is 3. The Morgan fingerprint density at radius 2 is 1.98 bits per heavy atom. The summed E-state index contributed by atoms with van der Waals surface area (Å²) in [6, 6.07) is 3.06. The van der Waals surface area contributed by atoms with Crippen LogP contribution in [0.25, 0.3) is 44.1 Å². The number of aromatic carboxylic acids is 1. The van der Waals surface area contributed by atoms with E-state index in [0.29, 0.717) is 63.8 Å². The van der Waals surface area contributed by atoms with Crippen LogP contribution < -0.4 is 15.6 Å². The Balaban J connectivity index is 1.54. The molecule has 0 radical (unpaired) electrons. The van der Waals surface area contributed by atoms with E-state index in [1.54, 1.807) is 32.6 Å². The minimum Gasteiger partial charge on any atom is -0.477 e. The molecule has 0 aliphatic carbocycles. The number of nitrogens with zero attached hydrogens (tertiary/aromatic N) is 5. The van der Waals surface area contributed by atoms with Crippen LogP contribution in [-0.4, -0.2) is 74.8 Å². The molecule has 1 aromatic carbocycles. The molecule has 1 atom stereocenters. The number of piperazine rings is 1. The van der Waals surface area contributed by atoms with Gasteiger partial charge in [0, 0.05) is 75.6 Å². The number of halogens is 2. The van der Waals surface area contributed by atoms with Crippen LogP contribution in [0.4, 0.5) is 20.2 Å². The van der Waals surface area contributed by atoms with Gasteiger partial charge in [0.1, 0.15) is 16.9 Å². The van der Waals surface area contributed by atoms with E-state index < -0.39 is 23.0 Å². The molecule has 0 bridgehead atoms. The van der Waals surface area contributed by atoms with E-state index in [-0.39, 0.29) is 16.3 Å². The number of aryl methyl sites for hydroxylation is 1. The Morgan fingerprint density at radius 3 is 2.76 bits per heavy atom. The summed E-state index contributed by atoms with van der Waals surface area (Å²) < 4.78 is 32.0. The highest BCUT2D eigenvalue weighted by molar-refractivity contribution is 6.18. The zero-order valence-corrected chi connectivity index (χ0v) is 22.5. The third-order valence-electron chi connectivity index (χ3n) is 8.49. The lowest BCUT2D eigenvalue weighted by atomic mass is 9.99. The van der Waals surface area contributed by atoms with Gasteiger partial charge >= 0.3 is 5.97 Å². The van der Waals surface area contributed by atoms with Gasteiger partial charge in [-0.3, -0.25) is 9.69 Å². The summed E-state index contributed by atoms with van der Waals surface area (Å²) in [5.41, 5.74) is 2.33. The molecular weight excluding hydrogens is 532 g/mol. The van der Waals surface area contributed by atoms with E-state index in [1.807, 2.05) is 0 Å². The molecule has 12 heteroatoms. The highest BCUT2D eigenvalue weighted by atomic mass is 19.2. The zero-order valence-electron chi connectivity index (χ0n) is 22.5. The summed E-state index contributed by atoms with van der Waals surface area (Å²) >= 11 is 0. The number of hydrogen-bond donors (Lipinski definition) is 3. The number of benzene rings is 1. The maximum Gasteiger partial charge on any atom is 0.341 e. The molecule has 0 amide bonds. The van der Waals surface area contributed by atoms with Crippen molar-refractivity contribution in [3.63, 3.8) is 0 Å². The third kappa shape index (κ3) is 3.77. The Labute approximate surface area is 232 Å². The second-order valence-electron chi connectivity index (χ2n) is 10.8. The van der Waals surface area contributed by atoms with Crippen molar-refractivity contribution < 1.29 is 18.7 Å². The second kappa shape index (κ2) is 9.23. The van der Waals surface area contributed by atoms with E-state index in [1.165, 1.54) is 10.8 Å². The number of carbonyl (C=O) groups is 1. The van der Waals surface area contributed by atoms with Crippen molar-refractivity contribution in [2.45, 2.75) is 18.9 Å². The van der Waals surface area contributed by atoms with E-state index in [9.17, 15) is 19.1 Å². The summed E-state index contributed by atoms with van der Waals surface area (Å²) in [7, 11) is 3.27. The van der Waals surface area contributed by atoms with Crippen LogP contribution >= 0.6 is 0 Å². The molecule has 2 fully saturated rings. The van der Waals surface area contributed by atoms with Crippen molar-refractivity contribution in [2.75, 3.05) is 43.4 Å². The molecule has 2 aliphatic heterocycles. The van der Waals surface area contributed by atoms with Crippen LogP contribution in [0.5, 0.6) is 0 Å². The number of carboxylic acids is 1. The van der Waals surface area contributed by atoms with Gasteiger partial charge in [-0.1, -0.05) is 0 Å². The molecule has 10 nitrogen and oxygen atoms in total. The van der Waals surface area contributed by atoms with Crippen molar-refractivity contribution in [1.29, 1.82) is 0 Å². The van der Waals surface area contributed by atoms with E-state index >= 15 is 4.39 Å². The molecule has 2 saturated heterocycles. The van der Waals surface area contributed by atoms with Gasteiger partial charge < -0.3 is 24.9 Å². The Morgan fingerprint density at radius 1 is 1.15 bits per heavy atom. The molecule has 0 unspecified atom stereocenters. The average molecular weight is 560 g/mol. The maximum atomic E-state index is 15.6. The molecule has 0 spiro atoms. The number of hydrogen-bond acceptors (Lipinski definition) is 7. The van der Waals surface area contributed by atoms with Crippen molar-refractivity contribution in [1.82, 2.24) is 24.4 Å². The lowest BCUT2D eigenvalue weighted by Gasteiger charge is -2.40. The van der Waals surface area contributed by atoms with Crippen LogP contribution in [0.2, 0.25) is 0 Å². The Bertz CT molecular complexity index is 1970. The van der Waals surface area contributed by atoms with Gasteiger partial charge in [-0.15, -0.1) is 0 Å². The summed E-state index contributed by atoms with van der Waals surface area (Å²) in [4.78, 5) is 41.9. The molecule has 2 aliphatic rings. The number of carboxylic acid groups (broad SMARTS) is 1. The van der Waals surface area contributed by atoms with Crippen LogP contribution in [-0.2, 0) is 7.05 Å². The van der Waals surface area contributed by atoms with Crippen LogP contribution in [0.15, 0.2) is 35.5 Å². The predicted octanol–water partition coefficient (Wildman–Crippen LogP) is 3.93. The third-order valence-corrected chi connectivity index (χ3v) is 8.49. The minimum atomic E-state index is -1.33. The fourth-order valence-corrected chi connectivity index (χ4v) is 6.54. The molecule has 3 N–H and O–H groups in total. The standard InChI is InChI=1S/C29H27F2N7O3/c1-32-20-9-19(30)23(31)21-22-25(38-7-6-37-5-3-4-15(37)12-38)17(11-33-27(22)35-24(20)21)14-8-16-26(39)18(29(40)41)13-36(2)28(16)34-10-14/h8-11,13,15,32H,3-7,12H2,1-2H3,(H,33,35)(H,40,41)/t15-/m1/s1. The topological polar surface area (TPSA) is 119 Å². The number of H-pyrrole nitrogens is 1. The van der Waals surface area contributed by atoms with Crippen molar-refractivity contribution in [3.8, 4) is 11.1 Å². The summed E-state index contributed by atoms with van der Waals surface area (Å²) in [6.07, 6.45) is 6.66. The quantitative estimate of drug-likeness (QED) is 0.303. The van der Waals surface area contributed by atoms with Crippen LogP contribution in [0, 0.1) is 11.6 Å².